The molecular formula is C16H17FN2O2. The largest absolute Gasteiger partial charge is 0.396 e. The quantitative estimate of drug-likeness (QED) is 0.922. The third-order valence-electron chi connectivity index (χ3n) is 3.96. The monoisotopic (exact) mass is 288 g/mol. The van der Waals surface area contributed by atoms with E-state index in [9.17, 15) is 14.3 Å². The van der Waals surface area contributed by atoms with Crippen molar-refractivity contribution >= 4 is 16.8 Å². The Morgan fingerprint density at radius 1 is 1.48 bits per heavy atom. The minimum atomic E-state index is -0.436. The zero-order valence-electron chi connectivity index (χ0n) is 11.6. The van der Waals surface area contributed by atoms with Crippen LogP contribution in [0.2, 0.25) is 0 Å². The number of aliphatic hydroxyl groups is 1. The van der Waals surface area contributed by atoms with Crippen LogP contribution in [-0.4, -0.2) is 40.6 Å². The van der Waals surface area contributed by atoms with E-state index < -0.39 is 5.82 Å². The van der Waals surface area contributed by atoms with Gasteiger partial charge in [0, 0.05) is 31.3 Å². The summed E-state index contributed by atoms with van der Waals surface area (Å²) in [6.07, 6.45) is 3.38. The van der Waals surface area contributed by atoms with Crippen LogP contribution in [0.25, 0.3) is 10.9 Å². The molecule has 110 valence electrons. The molecule has 5 heteroatoms. The minimum absolute atomic E-state index is 0.0753. The molecule has 2 heterocycles. The van der Waals surface area contributed by atoms with Gasteiger partial charge in [-0.25, -0.2) is 4.39 Å². The predicted molar refractivity (Wildman–Crippen MR) is 77.4 cm³/mol. The Labute approximate surface area is 122 Å². The third-order valence-corrected chi connectivity index (χ3v) is 3.96. The van der Waals surface area contributed by atoms with Gasteiger partial charge in [0.25, 0.3) is 5.91 Å². The molecule has 1 N–H and O–H groups in total. The number of likely N-dealkylation sites (tertiary alicyclic amines) is 1. The van der Waals surface area contributed by atoms with Crippen molar-refractivity contribution in [1.82, 2.24) is 9.88 Å². The molecule has 0 radical (unpaired) electrons. The van der Waals surface area contributed by atoms with E-state index in [2.05, 4.69) is 4.98 Å². The number of fused-ring (bicyclic) bond motifs is 1. The zero-order chi connectivity index (χ0) is 14.8. The van der Waals surface area contributed by atoms with Crippen LogP contribution in [-0.2, 0) is 0 Å². The lowest BCUT2D eigenvalue weighted by molar-refractivity contribution is 0.0622. The first-order valence-electron chi connectivity index (χ1n) is 7.13. The fourth-order valence-corrected chi connectivity index (χ4v) is 2.89. The highest BCUT2D eigenvalue weighted by atomic mass is 19.1. The van der Waals surface area contributed by atoms with Gasteiger partial charge in [-0.15, -0.1) is 0 Å². The number of aliphatic hydroxyl groups excluding tert-OH is 1. The minimum Gasteiger partial charge on any atom is -0.396 e. The summed E-state index contributed by atoms with van der Waals surface area (Å²) in [7, 11) is 0. The lowest BCUT2D eigenvalue weighted by atomic mass is 9.98. The van der Waals surface area contributed by atoms with Crippen molar-refractivity contribution in [2.45, 2.75) is 12.8 Å². The maximum Gasteiger partial charge on any atom is 0.256 e. The highest BCUT2D eigenvalue weighted by molar-refractivity contribution is 6.05. The second kappa shape index (κ2) is 5.77. The van der Waals surface area contributed by atoms with Crippen LogP contribution in [0.3, 0.4) is 0 Å². The van der Waals surface area contributed by atoms with Crippen molar-refractivity contribution in [3.05, 3.63) is 41.8 Å². The Morgan fingerprint density at radius 2 is 2.33 bits per heavy atom. The summed E-state index contributed by atoms with van der Waals surface area (Å²) in [6, 6.07) is 6.10. The van der Waals surface area contributed by atoms with Gasteiger partial charge in [0.05, 0.1) is 11.1 Å². The summed E-state index contributed by atoms with van der Waals surface area (Å²) in [4.78, 5) is 18.6. The normalized spacial score (nSPS) is 19.0. The summed E-state index contributed by atoms with van der Waals surface area (Å²) in [6.45, 7) is 1.23. The fourth-order valence-electron chi connectivity index (χ4n) is 2.89. The van der Waals surface area contributed by atoms with E-state index in [1.807, 2.05) is 0 Å². The Kier molecular flexibility index (Phi) is 3.84. The lowest BCUT2D eigenvalue weighted by Crippen LogP contribution is -2.41. The number of amides is 1. The number of carbonyl (C=O) groups is 1. The van der Waals surface area contributed by atoms with E-state index >= 15 is 0 Å². The molecule has 0 aliphatic carbocycles. The molecule has 1 aromatic heterocycles. The molecule has 4 nitrogen and oxygen atoms in total. The molecule has 1 aliphatic rings. The molecule has 1 aliphatic heterocycles. The molecule has 1 saturated heterocycles. The molecule has 2 aromatic rings. The van der Waals surface area contributed by atoms with E-state index in [0.717, 1.165) is 12.8 Å². The van der Waals surface area contributed by atoms with Crippen LogP contribution in [0.15, 0.2) is 30.5 Å². The highest BCUT2D eigenvalue weighted by Gasteiger charge is 2.25. The Hall–Kier alpha value is -2.01. The third kappa shape index (κ3) is 2.74. The first-order chi connectivity index (χ1) is 10.2. The Balaban J connectivity index is 1.97. The van der Waals surface area contributed by atoms with Gasteiger partial charge in [-0.2, -0.15) is 0 Å². The lowest BCUT2D eigenvalue weighted by Gasteiger charge is -2.32. The van der Waals surface area contributed by atoms with Crippen LogP contribution in [0.1, 0.15) is 23.2 Å². The molecule has 0 saturated carbocycles. The summed E-state index contributed by atoms with van der Waals surface area (Å²) in [5.74, 6) is -0.540. The van der Waals surface area contributed by atoms with Crippen LogP contribution in [0, 0.1) is 11.7 Å². The average Bonchev–Trinajstić information content (AvgIpc) is 2.53. The molecule has 1 fully saturated rings. The number of benzene rings is 1. The van der Waals surface area contributed by atoms with Gasteiger partial charge in [0.2, 0.25) is 0 Å². The molecule has 1 amide bonds. The molecule has 1 unspecified atom stereocenters. The van der Waals surface area contributed by atoms with Crippen LogP contribution >= 0.6 is 0 Å². The number of pyridine rings is 1. The van der Waals surface area contributed by atoms with Gasteiger partial charge in [0.15, 0.2) is 0 Å². The zero-order valence-corrected chi connectivity index (χ0v) is 11.6. The number of hydrogen-bond acceptors (Lipinski definition) is 3. The molecule has 0 bridgehead atoms. The number of halogens is 1. The topological polar surface area (TPSA) is 53.4 Å². The molecule has 0 spiro atoms. The first-order valence-corrected chi connectivity index (χ1v) is 7.13. The maximum absolute atomic E-state index is 13.7. The average molecular weight is 288 g/mol. The van der Waals surface area contributed by atoms with Gasteiger partial charge >= 0.3 is 0 Å². The molecular weight excluding hydrogens is 271 g/mol. The molecule has 1 aromatic carbocycles. The van der Waals surface area contributed by atoms with E-state index in [-0.39, 0.29) is 18.4 Å². The fraction of sp³-hybridized carbons (Fsp3) is 0.375. The summed E-state index contributed by atoms with van der Waals surface area (Å²) in [5, 5.41) is 9.89. The molecule has 3 rings (SSSR count). The van der Waals surface area contributed by atoms with Crippen molar-refractivity contribution in [3.63, 3.8) is 0 Å². The van der Waals surface area contributed by atoms with E-state index in [1.165, 1.54) is 12.1 Å². The van der Waals surface area contributed by atoms with Crippen molar-refractivity contribution in [2.24, 2.45) is 5.92 Å². The van der Waals surface area contributed by atoms with Crippen LogP contribution < -0.4 is 0 Å². The first kappa shape index (κ1) is 13.9. The van der Waals surface area contributed by atoms with Gasteiger partial charge in [-0.3, -0.25) is 9.78 Å². The second-order valence-corrected chi connectivity index (χ2v) is 5.47. The standard InChI is InChI=1S/C16H17FN2O2/c17-13-7-12-4-1-5-18-15(12)14(8-13)16(21)19-6-2-3-11(9-19)10-20/h1,4-5,7-8,11,20H,2-3,6,9-10H2. The molecule has 1 atom stereocenters. The summed E-state index contributed by atoms with van der Waals surface area (Å²) in [5.41, 5.74) is 0.819. The van der Waals surface area contributed by atoms with Gasteiger partial charge in [0.1, 0.15) is 5.82 Å². The summed E-state index contributed by atoms with van der Waals surface area (Å²) < 4.78 is 13.7. The number of aromatic nitrogens is 1. The van der Waals surface area contributed by atoms with E-state index in [4.69, 9.17) is 0 Å². The van der Waals surface area contributed by atoms with Crippen molar-refractivity contribution in [3.8, 4) is 0 Å². The van der Waals surface area contributed by atoms with Gasteiger partial charge < -0.3 is 10.0 Å². The number of rotatable bonds is 2. The van der Waals surface area contributed by atoms with Gasteiger partial charge in [-0.1, -0.05) is 6.07 Å². The van der Waals surface area contributed by atoms with Crippen molar-refractivity contribution < 1.29 is 14.3 Å². The van der Waals surface area contributed by atoms with Gasteiger partial charge in [-0.05, 0) is 37.0 Å². The Morgan fingerprint density at radius 3 is 3.14 bits per heavy atom. The molecule has 21 heavy (non-hydrogen) atoms. The number of carbonyl (C=O) groups excluding carboxylic acids is 1. The smallest absolute Gasteiger partial charge is 0.256 e. The number of piperidine rings is 1. The number of nitrogens with zero attached hydrogens (tertiary/aromatic N) is 2. The number of hydrogen-bond donors (Lipinski definition) is 1. The van der Waals surface area contributed by atoms with E-state index in [1.54, 1.807) is 23.2 Å². The Bertz CT molecular complexity index is 674. The predicted octanol–water partition coefficient (Wildman–Crippen LogP) is 2.22. The summed E-state index contributed by atoms with van der Waals surface area (Å²) >= 11 is 0. The highest BCUT2D eigenvalue weighted by Crippen LogP contribution is 2.23. The SMILES string of the molecule is O=C(c1cc(F)cc2cccnc12)N1CCCC(CO)C1. The van der Waals surface area contributed by atoms with E-state index in [0.29, 0.717) is 29.6 Å². The van der Waals surface area contributed by atoms with Crippen molar-refractivity contribution in [1.29, 1.82) is 0 Å². The second-order valence-electron chi connectivity index (χ2n) is 5.47. The maximum atomic E-state index is 13.7. The van der Waals surface area contributed by atoms with Crippen LogP contribution in [0.5, 0.6) is 0 Å². The van der Waals surface area contributed by atoms with Crippen molar-refractivity contribution in [2.75, 3.05) is 19.7 Å². The van der Waals surface area contributed by atoms with Crippen LogP contribution in [0.4, 0.5) is 4.39 Å².